The summed E-state index contributed by atoms with van der Waals surface area (Å²) in [5.41, 5.74) is 0.633. The van der Waals surface area contributed by atoms with Gasteiger partial charge in [0.2, 0.25) is 0 Å². The van der Waals surface area contributed by atoms with Crippen molar-refractivity contribution in [2.45, 2.75) is 64.0 Å². The van der Waals surface area contributed by atoms with Crippen LogP contribution in [0.2, 0.25) is 0 Å². The Hall–Kier alpha value is 0.270. The molecule has 2 fully saturated rings. The summed E-state index contributed by atoms with van der Waals surface area (Å²) in [6, 6.07) is 0. The molecule has 1 aliphatic heterocycles. The summed E-state index contributed by atoms with van der Waals surface area (Å²) < 4.78 is 0. The molecule has 1 aliphatic carbocycles. The van der Waals surface area contributed by atoms with E-state index in [1.165, 1.54) is 76.9 Å². The van der Waals surface area contributed by atoms with Gasteiger partial charge in [0.15, 0.2) is 0 Å². The molecule has 0 aromatic heterocycles. The van der Waals surface area contributed by atoms with Crippen LogP contribution in [0.25, 0.3) is 0 Å². The van der Waals surface area contributed by atoms with E-state index in [2.05, 4.69) is 36.2 Å². The Labute approximate surface area is 130 Å². The molecule has 1 saturated heterocycles. The number of nitrogens with one attached hydrogen (secondary N) is 2. The van der Waals surface area contributed by atoms with Gasteiger partial charge in [-0.25, -0.2) is 0 Å². The van der Waals surface area contributed by atoms with E-state index in [1.54, 1.807) is 0 Å². The van der Waals surface area contributed by atoms with Crippen LogP contribution in [0.15, 0.2) is 0 Å². The van der Waals surface area contributed by atoms with Gasteiger partial charge in [-0.05, 0) is 56.5 Å². The highest BCUT2D eigenvalue weighted by Gasteiger charge is 2.33. The van der Waals surface area contributed by atoms with E-state index in [0.717, 1.165) is 11.2 Å². The first-order valence-electron chi connectivity index (χ1n) is 8.73. The van der Waals surface area contributed by atoms with Gasteiger partial charge in [-0.2, -0.15) is 11.8 Å². The van der Waals surface area contributed by atoms with Gasteiger partial charge in [-0.15, -0.1) is 0 Å². The first-order valence-corrected chi connectivity index (χ1v) is 9.78. The van der Waals surface area contributed by atoms with E-state index in [9.17, 15) is 0 Å². The topological polar surface area (TPSA) is 24.1 Å². The predicted molar refractivity (Wildman–Crippen MR) is 91.6 cm³/mol. The second-order valence-electron chi connectivity index (χ2n) is 7.30. The molecule has 2 N–H and O–H groups in total. The minimum atomic E-state index is 0.633. The van der Waals surface area contributed by atoms with E-state index < -0.39 is 0 Å². The van der Waals surface area contributed by atoms with E-state index in [-0.39, 0.29) is 0 Å². The van der Waals surface area contributed by atoms with Crippen molar-refractivity contribution in [2.75, 3.05) is 31.9 Å². The Morgan fingerprint density at radius 2 is 1.90 bits per heavy atom. The molecule has 0 aromatic rings. The van der Waals surface area contributed by atoms with Crippen molar-refractivity contribution in [2.24, 2.45) is 11.3 Å². The van der Waals surface area contributed by atoms with Crippen LogP contribution in [0.3, 0.4) is 0 Å². The van der Waals surface area contributed by atoms with Crippen molar-refractivity contribution in [3.8, 4) is 0 Å². The van der Waals surface area contributed by atoms with Gasteiger partial charge in [0, 0.05) is 24.1 Å². The Morgan fingerprint density at radius 3 is 2.55 bits per heavy atom. The van der Waals surface area contributed by atoms with Gasteiger partial charge >= 0.3 is 0 Å². The molecule has 0 bridgehead atoms. The van der Waals surface area contributed by atoms with Crippen LogP contribution in [-0.4, -0.2) is 37.2 Å². The van der Waals surface area contributed by atoms with Crippen LogP contribution < -0.4 is 10.6 Å². The molecule has 0 atom stereocenters. The van der Waals surface area contributed by atoms with Gasteiger partial charge in [-0.1, -0.05) is 26.7 Å². The molecule has 0 amide bonds. The number of rotatable bonds is 8. The molecule has 2 aliphatic rings. The molecule has 118 valence electrons. The van der Waals surface area contributed by atoms with Gasteiger partial charge in [0.1, 0.15) is 0 Å². The molecule has 0 unspecified atom stereocenters. The van der Waals surface area contributed by atoms with Crippen LogP contribution in [0, 0.1) is 11.3 Å². The quantitative estimate of drug-likeness (QED) is 0.669. The second-order valence-corrected chi connectivity index (χ2v) is 8.71. The highest BCUT2D eigenvalue weighted by Crippen LogP contribution is 2.42. The number of thioether (sulfide) groups is 1. The third-order valence-corrected chi connectivity index (χ3v) is 6.31. The second kappa shape index (κ2) is 8.65. The SMILES string of the molecule is CC(C)CC1(CNCCSC2CCNCC2)CCCC1. The lowest BCUT2D eigenvalue weighted by molar-refractivity contribution is 0.226. The average Bonchev–Trinajstić information content (AvgIpc) is 2.87. The Balaban J connectivity index is 1.58. The molecular weight excluding hydrogens is 264 g/mol. The zero-order valence-electron chi connectivity index (χ0n) is 13.5. The summed E-state index contributed by atoms with van der Waals surface area (Å²) in [4.78, 5) is 0. The zero-order chi connectivity index (χ0) is 14.3. The van der Waals surface area contributed by atoms with Crippen LogP contribution in [-0.2, 0) is 0 Å². The normalized spacial score (nSPS) is 23.6. The maximum atomic E-state index is 3.78. The molecule has 2 nitrogen and oxygen atoms in total. The zero-order valence-corrected chi connectivity index (χ0v) is 14.4. The summed E-state index contributed by atoms with van der Waals surface area (Å²) >= 11 is 2.19. The van der Waals surface area contributed by atoms with Gasteiger partial charge < -0.3 is 10.6 Å². The lowest BCUT2D eigenvalue weighted by atomic mass is 9.78. The summed E-state index contributed by atoms with van der Waals surface area (Å²) in [7, 11) is 0. The molecule has 3 heteroatoms. The van der Waals surface area contributed by atoms with Crippen molar-refractivity contribution in [3.63, 3.8) is 0 Å². The highest BCUT2D eigenvalue weighted by molar-refractivity contribution is 7.99. The molecule has 0 spiro atoms. The summed E-state index contributed by atoms with van der Waals surface area (Å²) in [6.45, 7) is 9.68. The van der Waals surface area contributed by atoms with Gasteiger partial charge in [0.25, 0.3) is 0 Å². The van der Waals surface area contributed by atoms with Crippen molar-refractivity contribution in [1.29, 1.82) is 0 Å². The smallest absolute Gasteiger partial charge is 0.00716 e. The molecule has 2 rings (SSSR count). The van der Waals surface area contributed by atoms with E-state index >= 15 is 0 Å². The number of piperidine rings is 1. The number of hydrogen-bond donors (Lipinski definition) is 2. The first-order chi connectivity index (χ1) is 9.70. The minimum Gasteiger partial charge on any atom is -0.317 e. The van der Waals surface area contributed by atoms with Crippen molar-refractivity contribution >= 4 is 11.8 Å². The molecule has 20 heavy (non-hydrogen) atoms. The molecule has 1 saturated carbocycles. The first kappa shape index (κ1) is 16.6. The predicted octanol–water partition coefficient (Wildman–Crippen LogP) is 3.67. The van der Waals surface area contributed by atoms with E-state index in [1.807, 2.05) is 0 Å². The Kier molecular flexibility index (Phi) is 7.20. The lowest BCUT2D eigenvalue weighted by Crippen LogP contribution is -2.35. The largest absolute Gasteiger partial charge is 0.317 e. The van der Waals surface area contributed by atoms with Crippen molar-refractivity contribution in [3.05, 3.63) is 0 Å². The van der Waals surface area contributed by atoms with Gasteiger partial charge in [-0.3, -0.25) is 0 Å². The third kappa shape index (κ3) is 5.57. The lowest BCUT2D eigenvalue weighted by Gasteiger charge is -2.31. The van der Waals surface area contributed by atoms with Crippen LogP contribution in [0.1, 0.15) is 58.8 Å². The van der Waals surface area contributed by atoms with Crippen molar-refractivity contribution in [1.82, 2.24) is 10.6 Å². The Bertz CT molecular complexity index is 256. The summed E-state index contributed by atoms with van der Waals surface area (Å²) in [5.74, 6) is 2.14. The third-order valence-electron chi connectivity index (χ3n) is 4.92. The van der Waals surface area contributed by atoms with Gasteiger partial charge in [0.05, 0.1) is 0 Å². The van der Waals surface area contributed by atoms with Crippen LogP contribution >= 0.6 is 11.8 Å². The average molecular weight is 299 g/mol. The van der Waals surface area contributed by atoms with Crippen LogP contribution in [0.4, 0.5) is 0 Å². The Morgan fingerprint density at radius 1 is 1.20 bits per heavy atom. The standard InChI is InChI=1S/C17H34N2S/c1-15(2)13-17(7-3-4-8-17)14-19-11-12-20-16-5-9-18-10-6-16/h15-16,18-19H,3-14H2,1-2H3. The van der Waals surface area contributed by atoms with E-state index in [0.29, 0.717) is 5.41 Å². The highest BCUT2D eigenvalue weighted by atomic mass is 32.2. The maximum absolute atomic E-state index is 3.78. The minimum absolute atomic E-state index is 0.633. The fraction of sp³-hybridized carbons (Fsp3) is 1.00. The molecule has 0 radical (unpaired) electrons. The fourth-order valence-corrected chi connectivity index (χ4v) is 5.22. The van der Waals surface area contributed by atoms with E-state index in [4.69, 9.17) is 0 Å². The van der Waals surface area contributed by atoms with Crippen molar-refractivity contribution < 1.29 is 0 Å². The summed E-state index contributed by atoms with van der Waals surface area (Å²) in [5, 5.41) is 8.14. The van der Waals surface area contributed by atoms with Crippen LogP contribution in [0.5, 0.6) is 0 Å². The monoisotopic (exact) mass is 298 g/mol. The molecule has 1 heterocycles. The molecule has 0 aromatic carbocycles. The summed E-state index contributed by atoms with van der Waals surface area (Å²) in [6.07, 6.45) is 9.97. The number of hydrogen-bond acceptors (Lipinski definition) is 3. The molecular formula is C17H34N2S. The fourth-order valence-electron chi connectivity index (χ4n) is 4.06. The maximum Gasteiger partial charge on any atom is 0.00716 e.